The van der Waals surface area contributed by atoms with Crippen molar-refractivity contribution >= 4 is 0 Å². The molecule has 1 saturated heterocycles. The van der Waals surface area contributed by atoms with Gasteiger partial charge in [-0.1, -0.05) is 6.07 Å². The van der Waals surface area contributed by atoms with Crippen molar-refractivity contribution < 1.29 is 22.7 Å². The van der Waals surface area contributed by atoms with E-state index in [9.17, 15) is 22.7 Å². The Morgan fingerprint density at radius 1 is 1.40 bits per heavy atom. The first kappa shape index (κ1) is 15.3. The number of nitrogens with zero attached hydrogens (tertiary/aromatic N) is 1. The Morgan fingerprint density at radius 3 is 2.65 bits per heavy atom. The molecular formula is C14H17F4NO. The van der Waals surface area contributed by atoms with E-state index in [1.165, 1.54) is 6.07 Å². The Bertz CT molecular complexity index is 473. The lowest BCUT2D eigenvalue weighted by Gasteiger charge is -2.20. The predicted molar refractivity (Wildman–Crippen MR) is 66.5 cm³/mol. The maximum Gasteiger partial charge on any atom is 0.416 e. The highest BCUT2D eigenvalue weighted by atomic mass is 19.4. The van der Waals surface area contributed by atoms with Gasteiger partial charge in [-0.3, -0.25) is 4.90 Å². The van der Waals surface area contributed by atoms with Gasteiger partial charge >= 0.3 is 6.18 Å². The van der Waals surface area contributed by atoms with Crippen LogP contribution in [-0.4, -0.2) is 29.2 Å². The molecule has 2 unspecified atom stereocenters. The molecule has 112 valence electrons. The molecule has 2 rings (SSSR count). The Labute approximate surface area is 115 Å². The van der Waals surface area contributed by atoms with Crippen LogP contribution in [-0.2, 0) is 12.7 Å². The Balaban J connectivity index is 2.14. The molecule has 0 aromatic heterocycles. The van der Waals surface area contributed by atoms with Gasteiger partial charge in [0.05, 0.1) is 11.7 Å². The number of alkyl halides is 3. The molecule has 0 saturated carbocycles. The number of halogens is 4. The second-order valence-electron chi connectivity index (χ2n) is 5.32. The largest absolute Gasteiger partial charge is 0.416 e. The van der Waals surface area contributed by atoms with Crippen LogP contribution in [0.2, 0.25) is 0 Å². The zero-order valence-corrected chi connectivity index (χ0v) is 11.1. The van der Waals surface area contributed by atoms with Crippen molar-refractivity contribution in [1.82, 2.24) is 4.90 Å². The summed E-state index contributed by atoms with van der Waals surface area (Å²) in [6, 6.07) is 2.78. The third-order valence-corrected chi connectivity index (χ3v) is 3.76. The summed E-state index contributed by atoms with van der Waals surface area (Å²) in [4.78, 5) is 1.86. The normalized spacial score (nSPS) is 22.2. The monoisotopic (exact) mass is 291 g/mol. The molecule has 1 aliphatic rings. The average Bonchev–Trinajstić information content (AvgIpc) is 2.79. The molecular weight excluding hydrogens is 274 g/mol. The highest BCUT2D eigenvalue weighted by molar-refractivity contribution is 5.30. The fraction of sp³-hybridized carbons (Fsp3) is 0.571. The van der Waals surface area contributed by atoms with Gasteiger partial charge in [-0.25, -0.2) is 4.39 Å². The summed E-state index contributed by atoms with van der Waals surface area (Å²) in [5.74, 6) is -0.797. The lowest BCUT2D eigenvalue weighted by Crippen LogP contribution is -2.25. The average molecular weight is 291 g/mol. The van der Waals surface area contributed by atoms with Crippen molar-refractivity contribution in [3.05, 3.63) is 35.1 Å². The first-order chi connectivity index (χ1) is 9.27. The fourth-order valence-electron chi connectivity index (χ4n) is 2.59. The minimum Gasteiger partial charge on any atom is -0.393 e. The number of hydrogen-bond acceptors (Lipinski definition) is 2. The molecule has 1 aromatic carbocycles. The van der Waals surface area contributed by atoms with Gasteiger partial charge in [0.2, 0.25) is 0 Å². The molecule has 0 aliphatic carbocycles. The summed E-state index contributed by atoms with van der Waals surface area (Å²) in [5.41, 5.74) is -0.844. The smallest absolute Gasteiger partial charge is 0.393 e. The van der Waals surface area contributed by atoms with Crippen LogP contribution in [0.15, 0.2) is 18.2 Å². The van der Waals surface area contributed by atoms with Gasteiger partial charge in [-0.15, -0.1) is 0 Å². The second kappa shape index (κ2) is 5.69. The van der Waals surface area contributed by atoms with Crippen LogP contribution in [0.1, 0.15) is 24.5 Å². The van der Waals surface area contributed by atoms with E-state index in [2.05, 4.69) is 0 Å². The quantitative estimate of drug-likeness (QED) is 0.865. The first-order valence-corrected chi connectivity index (χ1v) is 6.53. The van der Waals surface area contributed by atoms with Crippen molar-refractivity contribution in [2.45, 2.75) is 32.2 Å². The zero-order valence-electron chi connectivity index (χ0n) is 11.1. The van der Waals surface area contributed by atoms with Crippen molar-refractivity contribution in [2.24, 2.45) is 5.92 Å². The Hall–Kier alpha value is -1.14. The van der Waals surface area contributed by atoms with Crippen molar-refractivity contribution in [1.29, 1.82) is 0 Å². The molecule has 1 heterocycles. The number of aliphatic hydroxyl groups is 1. The number of likely N-dealkylation sites (tertiary alicyclic amines) is 1. The molecule has 2 atom stereocenters. The van der Waals surface area contributed by atoms with Gasteiger partial charge < -0.3 is 5.11 Å². The van der Waals surface area contributed by atoms with Crippen LogP contribution in [0, 0.1) is 11.7 Å². The van der Waals surface area contributed by atoms with Crippen LogP contribution in [0.4, 0.5) is 17.6 Å². The van der Waals surface area contributed by atoms with Gasteiger partial charge in [0, 0.05) is 13.1 Å². The van der Waals surface area contributed by atoms with Gasteiger partial charge in [0.15, 0.2) is 0 Å². The summed E-state index contributed by atoms with van der Waals surface area (Å²) < 4.78 is 51.7. The zero-order chi connectivity index (χ0) is 14.9. The third-order valence-electron chi connectivity index (χ3n) is 3.76. The first-order valence-electron chi connectivity index (χ1n) is 6.53. The van der Waals surface area contributed by atoms with E-state index in [1.54, 1.807) is 6.92 Å². The molecule has 2 nitrogen and oxygen atoms in total. The third kappa shape index (κ3) is 3.49. The highest BCUT2D eigenvalue weighted by Gasteiger charge is 2.35. The van der Waals surface area contributed by atoms with Crippen molar-refractivity contribution in [2.75, 3.05) is 13.1 Å². The van der Waals surface area contributed by atoms with Gasteiger partial charge in [0.25, 0.3) is 0 Å². The maximum absolute atomic E-state index is 13.0. The maximum atomic E-state index is 13.0. The van der Waals surface area contributed by atoms with E-state index in [-0.39, 0.29) is 18.0 Å². The van der Waals surface area contributed by atoms with E-state index < -0.39 is 23.7 Å². The van der Waals surface area contributed by atoms with Crippen LogP contribution in [0.3, 0.4) is 0 Å². The number of benzene rings is 1. The van der Waals surface area contributed by atoms with Crippen molar-refractivity contribution in [3.8, 4) is 0 Å². The Morgan fingerprint density at radius 2 is 2.10 bits per heavy atom. The SMILES string of the molecule is CC(O)C1CCN(Cc2ccc(F)cc2C(F)(F)F)C1. The Kier molecular flexibility index (Phi) is 4.34. The molecule has 0 radical (unpaired) electrons. The topological polar surface area (TPSA) is 23.5 Å². The summed E-state index contributed by atoms with van der Waals surface area (Å²) in [5, 5.41) is 9.50. The molecule has 20 heavy (non-hydrogen) atoms. The lowest BCUT2D eigenvalue weighted by molar-refractivity contribution is -0.138. The number of aliphatic hydroxyl groups excluding tert-OH is 1. The summed E-state index contributed by atoms with van der Waals surface area (Å²) in [6.45, 7) is 3.02. The van der Waals surface area contributed by atoms with Crippen LogP contribution < -0.4 is 0 Å². The molecule has 1 aromatic rings. The molecule has 0 bridgehead atoms. The summed E-state index contributed by atoms with van der Waals surface area (Å²) in [7, 11) is 0. The lowest BCUT2D eigenvalue weighted by atomic mass is 10.0. The van der Waals surface area contributed by atoms with Crippen LogP contribution >= 0.6 is 0 Å². The van der Waals surface area contributed by atoms with Crippen molar-refractivity contribution in [3.63, 3.8) is 0 Å². The van der Waals surface area contributed by atoms with E-state index in [0.717, 1.165) is 12.5 Å². The standard InChI is InChI=1S/C14H17F4NO/c1-9(20)10-4-5-19(7-10)8-11-2-3-12(15)6-13(11)14(16,17)18/h2-3,6,9-10,20H,4-5,7-8H2,1H3. The second-order valence-corrected chi connectivity index (χ2v) is 5.32. The predicted octanol–water partition coefficient (Wildman–Crippen LogP) is 3.05. The van der Waals surface area contributed by atoms with Gasteiger partial charge in [0.1, 0.15) is 5.82 Å². The van der Waals surface area contributed by atoms with E-state index in [1.807, 2.05) is 4.90 Å². The molecule has 1 N–H and O–H groups in total. The fourth-order valence-corrected chi connectivity index (χ4v) is 2.59. The van der Waals surface area contributed by atoms with Gasteiger partial charge in [-0.2, -0.15) is 13.2 Å². The summed E-state index contributed by atoms with van der Waals surface area (Å²) in [6.07, 6.45) is -4.25. The molecule has 1 aliphatic heterocycles. The van der Waals surface area contributed by atoms with E-state index >= 15 is 0 Å². The van der Waals surface area contributed by atoms with Gasteiger partial charge in [-0.05, 0) is 43.5 Å². The molecule has 6 heteroatoms. The summed E-state index contributed by atoms with van der Waals surface area (Å²) >= 11 is 0. The van der Waals surface area contributed by atoms with Crippen LogP contribution in [0.25, 0.3) is 0 Å². The number of hydrogen-bond donors (Lipinski definition) is 1. The number of rotatable bonds is 3. The highest BCUT2D eigenvalue weighted by Crippen LogP contribution is 2.34. The minimum absolute atomic E-state index is 0.0742. The molecule has 0 amide bonds. The van der Waals surface area contributed by atoms with E-state index in [0.29, 0.717) is 19.2 Å². The molecule has 0 spiro atoms. The van der Waals surface area contributed by atoms with Crippen LogP contribution in [0.5, 0.6) is 0 Å². The minimum atomic E-state index is -4.55. The van der Waals surface area contributed by atoms with E-state index in [4.69, 9.17) is 0 Å². The molecule has 1 fully saturated rings.